The lowest BCUT2D eigenvalue weighted by molar-refractivity contribution is 0.349. The third-order valence-corrected chi connectivity index (χ3v) is 6.93. The van der Waals surface area contributed by atoms with Gasteiger partial charge in [0.2, 0.25) is 0 Å². The third-order valence-electron chi connectivity index (χ3n) is 4.09. The molecule has 1 atom stereocenters. The van der Waals surface area contributed by atoms with Gasteiger partial charge in [0.1, 0.15) is 9.84 Å². The highest BCUT2D eigenvalue weighted by atomic mass is 32.2. The van der Waals surface area contributed by atoms with Crippen molar-refractivity contribution in [3.63, 3.8) is 0 Å². The SMILES string of the molecule is CCCNC(CCCS(=O)(=O)CC)CC1CCSCC1. The van der Waals surface area contributed by atoms with E-state index in [0.717, 1.165) is 31.7 Å². The van der Waals surface area contributed by atoms with Gasteiger partial charge in [0, 0.05) is 11.8 Å². The Hall–Kier alpha value is 0.260. The molecular weight excluding hydrogens is 290 g/mol. The van der Waals surface area contributed by atoms with Crippen LogP contribution in [0.5, 0.6) is 0 Å². The minimum atomic E-state index is -2.80. The van der Waals surface area contributed by atoms with Crippen LogP contribution < -0.4 is 5.32 Å². The second kappa shape index (κ2) is 10.1. The zero-order chi connectivity index (χ0) is 14.8. The van der Waals surface area contributed by atoms with Gasteiger partial charge in [-0.25, -0.2) is 8.42 Å². The molecule has 3 nitrogen and oxygen atoms in total. The molecule has 20 heavy (non-hydrogen) atoms. The number of sulfone groups is 1. The maximum atomic E-state index is 11.6. The fourth-order valence-corrected chi connectivity index (χ4v) is 4.83. The van der Waals surface area contributed by atoms with Gasteiger partial charge in [0.05, 0.1) is 5.75 Å². The van der Waals surface area contributed by atoms with E-state index in [4.69, 9.17) is 0 Å². The van der Waals surface area contributed by atoms with Gasteiger partial charge in [-0.1, -0.05) is 13.8 Å². The topological polar surface area (TPSA) is 46.2 Å². The molecule has 1 unspecified atom stereocenters. The summed E-state index contributed by atoms with van der Waals surface area (Å²) in [4.78, 5) is 0. The average Bonchev–Trinajstić information content (AvgIpc) is 2.45. The van der Waals surface area contributed by atoms with Crippen LogP contribution in [0.1, 0.15) is 52.4 Å². The van der Waals surface area contributed by atoms with Crippen LogP contribution in [-0.2, 0) is 9.84 Å². The van der Waals surface area contributed by atoms with Gasteiger partial charge in [-0.2, -0.15) is 11.8 Å². The molecule has 0 aliphatic carbocycles. The van der Waals surface area contributed by atoms with Crippen LogP contribution >= 0.6 is 11.8 Å². The summed E-state index contributed by atoms with van der Waals surface area (Å²) in [6.45, 7) is 4.97. The molecule has 0 bridgehead atoms. The van der Waals surface area contributed by atoms with Crippen molar-refractivity contribution in [1.82, 2.24) is 5.32 Å². The maximum Gasteiger partial charge on any atom is 0.150 e. The molecule has 0 amide bonds. The van der Waals surface area contributed by atoms with Crippen LogP contribution in [0.25, 0.3) is 0 Å². The first-order chi connectivity index (χ1) is 9.57. The van der Waals surface area contributed by atoms with Gasteiger partial charge in [-0.3, -0.25) is 0 Å². The molecule has 0 aromatic carbocycles. The summed E-state index contributed by atoms with van der Waals surface area (Å²) >= 11 is 2.07. The van der Waals surface area contributed by atoms with Gasteiger partial charge in [0.15, 0.2) is 0 Å². The van der Waals surface area contributed by atoms with Crippen molar-refractivity contribution in [2.45, 2.75) is 58.4 Å². The summed E-state index contributed by atoms with van der Waals surface area (Å²) in [6, 6.07) is 0.509. The second-order valence-corrected chi connectivity index (χ2v) is 9.52. The van der Waals surface area contributed by atoms with Crippen molar-refractivity contribution >= 4 is 21.6 Å². The van der Waals surface area contributed by atoms with Crippen molar-refractivity contribution in [3.05, 3.63) is 0 Å². The van der Waals surface area contributed by atoms with Crippen LogP contribution in [0.4, 0.5) is 0 Å². The standard InChI is InChI=1S/C15H31NO2S2/c1-3-9-16-15(6-5-12-20(17,18)4-2)13-14-7-10-19-11-8-14/h14-16H,3-13H2,1-2H3. The zero-order valence-corrected chi connectivity index (χ0v) is 14.7. The summed E-state index contributed by atoms with van der Waals surface area (Å²) in [5.41, 5.74) is 0. The quantitative estimate of drug-likeness (QED) is 0.671. The summed E-state index contributed by atoms with van der Waals surface area (Å²) in [5, 5.41) is 3.62. The van der Waals surface area contributed by atoms with Crippen LogP contribution in [-0.4, -0.2) is 44.0 Å². The number of rotatable bonds is 10. The Balaban J connectivity index is 2.34. The first kappa shape index (κ1) is 18.3. The van der Waals surface area contributed by atoms with Gasteiger partial charge in [-0.15, -0.1) is 0 Å². The minimum absolute atomic E-state index is 0.278. The van der Waals surface area contributed by atoms with Crippen molar-refractivity contribution in [2.24, 2.45) is 5.92 Å². The van der Waals surface area contributed by atoms with Crippen molar-refractivity contribution in [1.29, 1.82) is 0 Å². The molecule has 0 spiro atoms. The number of thioether (sulfide) groups is 1. The molecule has 5 heteroatoms. The lowest BCUT2D eigenvalue weighted by atomic mass is 9.92. The maximum absolute atomic E-state index is 11.6. The summed E-state index contributed by atoms with van der Waals surface area (Å²) in [7, 11) is -2.80. The Labute approximate surface area is 129 Å². The molecule has 1 aliphatic rings. The van der Waals surface area contributed by atoms with Gasteiger partial charge >= 0.3 is 0 Å². The fourth-order valence-electron chi connectivity index (χ4n) is 2.73. The summed E-state index contributed by atoms with van der Waals surface area (Å²) in [5.74, 6) is 4.08. The first-order valence-corrected chi connectivity index (χ1v) is 11.1. The van der Waals surface area contributed by atoms with E-state index in [1.165, 1.54) is 30.8 Å². The van der Waals surface area contributed by atoms with Gasteiger partial charge in [0.25, 0.3) is 0 Å². The molecule has 0 saturated carbocycles. The predicted molar refractivity (Wildman–Crippen MR) is 90.3 cm³/mol. The molecular formula is C15H31NO2S2. The summed E-state index contributed by atoms with van der Waals surface area (Å²) in [6.07, 6.45) is 6.85. The van der Waals surface area contributed by atoms with Gasteiger partial charge < -0.3 is 5.32 Å². The van der Waals surface area contributed by atoms with E-state index in [9.17, 15) is 8.42 Å². The van der Waals surface area contributed by atoms with Crippen molar-refractivity contribution < 1.29 is 8.42 Å². The van der Waals surface area contributed by atoms with E-state index in [1.54, 1.807) is 6.92 Å². The molecule has 1 fully saturated rings. The van der Waals surface area contributed by atoms with E-state index >= 15 is 0 Å². The minimum Gasteiger partial charge on any atom is -0.314 e. The summed E-state index contributed by atoms with van der Waals surface area (Å²) < 4.78 is 23.1. The van der Waals surface area contributed by atoms with E-state index in [1.807, 2.05) is 0 Å². The Morgan fingerprint density at radius 2 is 1.95 bits per heavy atom. The zero-order valence-electron chi connectivity index (χ0n) is 13.1. The highest BCUT2D eigenvalue weighted by molar-refractivity contribution is 7.99. The smallest absolute Gasteiger partial charge is 0.150 e. The van der Waals surface area contributed by atoms with Crippen LogP contribution in [0.3, 0.4) is 0 Å². The fraction of sp³-hybridized carbons (Fsp3) is 1.00. The number of hydrogen-bond acceptors (Lipinski definition) is 4. The Bertz CT molecular complexity index is 338. The van der Waals surface area contributed by atoms with Crippen LogP contribution in [0.15, 0.2) is 0 Å². The normalized spacial score (nSPS) is 19.1. The highest BCUT2D eigenvalue weighted by Gasteiger charge is 2.19. The lowest BCUT2D eigenvalue weighted by Crippen LogP contribution is -2.33. The molecule has 120 valence electrons. The van der Waals surface area contributed by atoms with Crippen molar-refractivity contribution in [2.75, 3.05) is 29.6 Å². The Morgan fingerprint density at radius 3 is 2.55 bits per heavy atom. The second-order valence-electron chi connectivity index (χ2n) is 5.82. The molecule has 0 aromatic rings. The van der Waals surface area contributed by atoms with Crippen molar-refractivity contribution in [3.8, 4) is 0 Å². The first-order valence-electron chi connectivity index (χ1n) is 8.09. The number of nitrogens with one attached hydrogen (secondary N) is 1. The van der Waals surface area contributed by atoms with Gasteiger partial charge in [-0.05, 0) is 62.5 Å². The highest BCUT2D eigenvalue weighted by Crippen LogP contribution is 2.27. The van der Waals surface area contributed by atoms with Crippen LogP contribution in [0, 0.1) is 5.92 Å². The third kappa shape index (κ3) is 7.89. The average molecular weight is 322 g/mol. The molecule has 0 aromatic heterocycles. The molecule has 1 saturated heterocycles. The monoisotopic (exact) mass is 321 g/mol. The van der Waals surface area contributed by atoms with E-state index < -0.39 is 9.84 Å². The Morgan fingerprint density at radius 1 is 1.25 bits per heavy atom. The number of hydrogen-bond donors (Lipinski definition) is 1. The van der Waals surface area contributed by atoms with E-state index in [-0.39, 0.29) is 5.75 Å². The lowest BCUT2D eigenvalue weighted by Gasteiger charge is -2.27. The molecule has 1 rings (SSSR count). The largest absolute Gasteiger partial charge is 0.314 e. The molecule has 1 heterocycles. The molecule has 0 radical (unpaired) electrons. The predicted octanol–water partition coefficient (Wildman–Crippen LogP) is 3.10. The van der Waals surface area contributed by atoms with E-state index in [2.05, 4.69) is 24.0 Å². The molecule has 1 aliphatic heterocycles. The van der Waals surface area contributed by atoms with E-state index in [0.29, 0.717) is 11.8 Å². The Kier molecular flexibility index (Phi) is 9.21. The van der Waals surface area contributed by atoms with Crippen LogP contribution in [0.2, 0.25) is 0 Å². The molecule has 1 N–H and O–H groups in total.